The van der Waals surface area contributed by atoms with Gasteiger partial charge in [-0.25, -0.2) is 9.78 Å². The number of hydrogen-bond acceptors (Lipinski definition) is 5. The molecule has 0 aromatic carbocycles. The van der Waals surface area contributed by atoms with Crippen molar-refractivity contribution in [2.45, 2.75) is 25.0 Å². The van der Waals surface area contributed by atoms with Crippen LogP contribution in [0.25, 0.3) is 11.0 Å². The summed E-state index contributed by atoms with van der Waals surface area (Å²) in [6.45, 7) is 0.549. The summed E-state index contributed by atoms with van der Waals surface area (Å²) in [7, 11) is 1.70. The lowest BCUT2D eigenvalue weighted by atomic mass is 9.91. The van der Waals surface area contributed by atoms with Crippen LogP contribution in [0.5, 0.6) is 0 Å². The van der Waals surface area contributed by atoms with E-state index in [1.165, 1.54) is 20.5 Å². The number of amides is 1. The molecule has 0 atom stereocenters. The third-order valence-electron chi connectivity index (χ3n) is 4.17. The number of carbonyl (C=O) groups is 1. The van der Waals surface area contributed by atoms with Crippen molar-refractivity contribution in [3.05, 3.63) is 21.3 Å². The molecule has 0 bridgehead atoms. The van der Waals surface area contributed by atoms with Gasteiger partial charge in [-0.2, -0.15) is 5.10 Å². The minimum atomic E-state index is -1.13. The quantitative estimate of drug-likeness (QED) is 0.773. The Morgan fingerprint density at radius 2 is 2.04 bits per heavy atom. The topological polar surface area (TPSA) is 113 Å². The van der Waals surface area contributed by atoms with E-state index in [1.807, 2.05) is 0 Å². The molecule has 1 saturated heterocycles. The van der Waals surface area contributed by atoms with Crippen LogP contribution in [0.2, 0.25) is 0 Å². The van der Waals surface area contributed by atoms with E-state index in [9.17, 15) is 14.7 Å². The number of nitrogens with zero attached hydrogens (tertiary/aromatic N) is 5. The fourth-order valence-electron chi connectivity index (χ4n) is 2.77. The van der Waals surface area contributed by atoms with Crippen molar-refractivity contribution >= 4 is 33.1 Å². The Morgan fingerprint density at radius 1 is 1.39 bits per heavy atom. The highest BCUT2D eigenvalue weighted by Crippen LogP contribution is 2.24. The highest BCUT2D eigenvalue weighted by Gasteiger charge is 2.34. The summed E-state index contributed by atoms with van der Waals surface area (Å²) in [4.78, 5) is 28.9. The Hall–Kier alpha value is -1.94. The van der Waals surface area contributed by atoms with Crippen LogP contribution in [0.1, 0.15) is 12.8 Å². The molecule has 1 aliphatic rings. The van der Waals surface area contributed by atoms with Gasteiger partial charge < -0.3 is 15.1 Å². The maximum absolute atomic E-state index is 12.5. The molecule has 1 aliphatic heterocycles. The smallest absolute Gasteiger partial charge is 0.407 e. The molecule has 3 heterocycles. The zero-order valence-electron chi connectivity index (χ0n) is 12.4. The molecule has 0 aliphatic carbocycles. The van der Waals surface area contributed by atoms with Crippen LogP contribution in [0, 0.1) is 0 Å². The van der Waals surface area contributed by atoms with Gasteiger partial charge in [0.2, 0.25) is 0 Å². The van der Waals surface area contributed by atoms with Crippen molar-refractivity contribution in [1.82, 2.24) is 24.2 Å². The summed E-state index contributed by atoms with van der Waals surface area (Å²) in [5.74, 6) is 0. The first kappa shape index (κ1) is 15.9. The minimum absolute atomic E-state index is 0.0659. The number of hydrogen-bond donors (Lipinski definition) is 2. The lowest BCUT2D eigenvalue weighted by Crippen LogP contribution is -2.49. The van der Waals surface area contributed by atoms with Crippen molar-refractivity contribution in [3.63, 3.8) is 0 Å². The summed E-state index contributed by atoms with van der Waals surface area (Å²) in [6, 6.07) is 0. The Bertz CT molecular complexity index is 822. The number of carboxylic acid groups (broad SMARTS) is 1. The fourth-order valence-corrected chi connectivity index (χ4v) is 3.14. The molecule has 0 saturated carbocycles. The van der Waals surface area contributed by atoms with Gasteiger partial charge in [0, 0.05) is 20.1 Å². The summed E-state index contributed by atoms with van der Waals surface area (Å²) in [5, 5.41) is 23.7. The molecule has 2 aromatic heterocycles. The highest BCUT2D eigenvalue weighted by atomic mass is 79.9. The minimum Gasteiger partial charge on any atom is -0.465 e. The number of halogens is 1. The van der Waals surface area contributed by atoms with Crippen LogP contribution < -0.4 is 5.56 Å². The second kappa shape index (κ2) is 5.60. The molecule has 2 N–H and O–H groups in total. The van der Waals surface area contributed by atoms with Crippen LogP contribution >= 0.6 is 15.9 Å². The molecule has 9 nitrogen and oxygen atoms in total. The SMILES string of the molecule is Cn1nc2c(=O)n(CC3(O)CCN(C(=O)O)CC3)cnc2c1Br. The van der Waals surface area contributed by atoms with E-state index < -0.39 is 11.7 Å². The van der Waals surface area contributed by atoms with Gasteiger partial charge in [0.05, 0.1) is 18.5 Å². The molecule has 0 unspecified atom stereocenters. The Morgan fingerprint density at radius 3 is 2.65 bits per heavy atom. The van der Waals surface area contributed by atoms with Gasteiger partial charge in [-0.3, -0.25) is 14.0 Å². The first-order valence-electron chi connectivity index (χ1n) is 7.09. The molecule has 1 amide bonds. The van der Waals surface area contributed by atoms with Gasteiger partial charge in [0.1, 0.15) is 10.1 Å². The fraction of sp³-hybridized carbons (Fsp3) is 0.538. The van der Waals surface area contributed by atoms with Crippen molar-refractivity contribution in [3.8, 4) is 0 Å². The van der Waals surface area contributed by atoms with Crippen LogP contribution in [0.15, 0.2) is 15.7 Å². The molecule has 2 aromatic rings. The van der Waals surface area contributed by atoms with Crippen LogP contribution in [0.3, 0.4) is 0 Å². The number of aryl methyl sites for hydroxylation is 1. The zero-order valence-corrected chi connectivity index (χ0v) is 14.0. The summed E-state index contributed by atoms with van der Waals surface area (Å²) < 4.78 is 3.46. The van der Waals surface area contributed by atoms with Crippen LogP contribution in [-0.2, 0) is 13.6 Å². The Labute approximate surface area is 139 Å². The van der Waals surface area contributed by atoms with E-state index in [0.717, 1.165) is 0 Å². The summed E-state index contributed by atoms with van der Waals surface area (Å²) in [6.07, 6.45) is 0.940. The molecular weight excluding hydrogens is 370 g/mol. The summed E-state index contributed by atoms with van der Waals surface area (Å²) >= 11 is 3.32. The standard InChI is InChI=1S/C13H16BrN5O4/c1-17-10(14)8-9(16-17)11(20)19(7-15-8)6-13(23)2-4-18(5-3-13)12(21)22/h7,23H,2-6H2,1H3,(H,21,22). The second-order valence-electron chi connectivity index (χ2n) is 5.78. The second-order valence-corrected chi connectivity index (χ2v) is 6.53. The lowest BCUT2D eigenvalue weighted by Gasteiger charge is -2.37. The number of aromatic nitrogens is 4. The summed E-state index contributed by atoms with van der Waals surface area (Å²) in [5.41, 5.74) is -0.753. The van der Waals surface area contributed by atoms with Crippen LogP contribution in [0.4, 0.5) is 4.79 Å². The van der Waals surface area contributed by atoms with Crippen molar-refractivity contribution in [2.75, 3.05) is 13.1 Å². The third kappa shape index (κ3) is 2.83. The largest absolute Gasteiger partial charge is 0.465 e. The molecule has 1 fully saturated rings. The predicted molar refractivity (Wildman–Crippen MR) is 84.3 cm³/mol. The lowest BCUT2D eigenvalue weighted by molar-refractivity contribution is -0.0304. The van der Waals surface area contributed by atoms with E-state index >= 15 is 0 Å². The number of rotatable bonds is 2. The first-order chi connectivity index (χ1) is 10.8. The number of likely N-dealkylation sites (tertiary alicyclic amines) is 1. The predicted octanol–water partition coefficient (Wildman–Crippen LogP) is 0.397. The van der Waals surface area contributed by atoms with Gasteiger partial charge in [0.15, 0.2) is 5.52 Å². The molecule has 0 radical (unpaired) electrons. The van der Waals surface area contributed by atoms with E-state index in [0.29, 0.717) is 10.1 Å². The average molecular weight is 386 g/mol. The molecular formula is C13H16BrN5O4. The molecule has 0 spiro atoms. The molecule has 10 heteroatoms. The number of aliphatic hydroxyl groups is 1. The Kier molecular flexibility index (Phi) is 3.88. The molecule has 23 heavy (non-hydrogen) atoms. The van der Waals surface area contributed by atoms with Gasteiger partial charge >= 0.3 is 6.09 Å². The molecule has 3 rings (SSSR count). The van der Waals surface area contributed by atoms with Gasteiger partial charge in [-0.05, 0) is 28.8 Å². The Balaban J connectivity index is 1.86. The number of piperidine rings is 1. The van der Waals surface area contributed by atoms with E-state index in [4.69, 9.17) is 5.11 Å². The van der Waals surface area contributed by atoms with Crippen molar-refractivity contribution in [1.29, 1.82) is 0 Å². The monoisotopic (exact) mass is 385 g/mol. The number of fused-ring (bicyclic) bond motifs is 1. The van der Waals surface area contributed by atoms with E-state index in [-0.39, 0.29) is 43.6 Å². The molecule has 124 valence electrons. The van der Waals surface area contributed by atoms with E-state index in [1.54, 1.807) is 7.05 Å². The third-order valence-corrected chi connectivity index (χ3v) is 5.06. The van der Waals surface area contributed by atoms with Crippen LogP contribution in [-0.4, -0.2) is 59.2 Å². The maximum Gasteiger partial charge on any atom is 0.407 e. The van der Waals surface area contributed by atoms with Crippen molar-refractivity contribution < 1.29 is 15.0 Å². The average Bonchev–Trinajstić information content (AvgIpc) is 2.79. The van der Waals surface area contributed by atoms with Gasteiger partial charge in [0.25, 0.3) is 5.56 Å². The highest BCUT2D eigenvalue weighted by molar-refractivity contribution is 9.10. The van der Waals surface area contributed by atoms with E-state index in [2.05, 4.69) is 26.0 Å². The first-order valence-corrected chi connectivity index (χ1v) is 7.88. The van der Waals surface area contributed by atoms with Gasteiger partial charge in [-0.15, -0.1) is 0 Å². The zero-order chi connectivity index (χ0) is 16.8. The van der Waals surface area contributed by atoms with Crippen molar-refractivity contribution in [2.24, 2.45) is 7.05 Å². The maximum atomic E-state index is 12.5. The van der Waals surface area contributed by atoms with Gasteiger partial charge in [-0.1, -0.05) is 0 Å². The normalized spacial score (nSPS) is 17.6.